The molecular weight excluding hydrogens is 436 g/mol. The molecule has 9 heteroatoms. The molecule has 1 aliphatic carbocycles. The van der Waals surface area contributed by atoms with Gasteiger partial charge < -0.3 is 20.3 Å². The van der Waals surface area contributed by atoms with E-state index >= 15 is 0 Å². The summed E-state index contributed by atoms with van der Waals surface area (Å²) in [5.41, 5.74) is 2.18. The molecule has 2 N–H and O–H groups in total. The Morgan fingerprint density at radius 2 is 1.79 bits per heavy atom. The Balaban J connectivity index is 1.54. The van der Waals surface area contributed by atoms with E-state index in [2.05, 4.69) is 10.6 Å². The zero-order valence-corrected chi connectivity index (χ0v) is 20.2. The van der Waals surface area contributed by atoms with E-state index < -0.39 is 6.03 Å². The molecule has 186 valence electrons. The standard InChI is InChI=1S/C25H36N4O5/c1-18-9-11-19(12-10-18)16-27-22(30)8-5-14-28-24(32)20-6-3-4-7-21(20)29(25(28)33)17-23(31)26-13-15-34-2/h9-12,20-21H,3-8,13-17H2,1-2H3,(H,26,31)(H,27,30). The minimum atomic E-state index is -0.435. The van der Waals surface area contributed by atoms with Crippen LogP contribution < -0.4 is 10.6 Å². The maximum atomic E-state index is 13.2. The molecule has 5 amide bonds. The van der Waals surface area contributed by atoms with Crippen LogP contribution in [-0.2, 0) is 25.7 Å². The van der Waals surface area contributed by atoms with Gasteiger partial charge in [-0.25, -0.2) is 4.79 Å². The SMILES string of the molecule is COCCNC(=O)CN1C(=O)N(CCCC(=O)NCc2ccc(C)cc2)C(=O)C2CCCCC21. The van der Waals surface area contributed by atoms with E-state index in [9.17, 15) is 19.2 Å². The Hall–Kier alpha value is -2.94. The van der Waals surface area contributed by atoms with Crippen molar-refractivity contribution in [3.05, 3.63) is 35.4 Å². The van der Waals surface area contributed by atoms with Crippen molar-refractivity contribution in [3.63, 3.8) is 0 Å². The van der Waals surface area contributed by atoms with Crippen LogP contribution in [0.5, 0.6) is 0 Å². The number of amides is 5. The highest BCUT2D eigenvalue weighted by atomic mass is 16.5. The van der Waals surface area contributed by atoms with Gasteiger partial charge in [-0.3, -0.25) is 19.3 Å². The number of carbonyl (C=O) groups excluding carboxylic acids is 4. The molecular formula is C25H36N4O5. The van der Waals surface area contributed by atoms with E-state index in [4.69, 9.17) is 4.74 Å². The van der Waals surface area contributed by atoms with Gasteiger partial charge in [-0.2, -0.15) is 0 Å². The number of hydrogen-bond donors (Lipinski definition) is 2. The number of hydrogen-bond acceptors (Lipinski definition) is 5. The van der Waals surface area contributed by atoms with Crippen LogP contribution in [0.4, 0.5) is 4.79 Å². The smallest absolute Gasteiger partial charge is 0.327 e. The monoisotopic (exact) mass is 472 g/mol. The molecule has 1 saturated heterocycles. The number of nitrogens with zero attached hydrogens (tertiary/aromatic N) is 2. The number of urea groups is 1. The van der Waals surface area contributed by atoms with Gasteiger partial charge in [0.05, 0.1) is 12.5 Å². The molecule has 0 aromatic heterocycles. The first-order chi connectivity index (χ1) is 16.4. The molecule has 0 spiro atoms. The van der Waals surface area contributed by atoms with Gasteiger partial charge in [-0.1, -0.05) is 42.7 Å². The summed E-state index contributed by atoms with van der Waals surface area (Å²) in [6, 6.07) is 7.27. The first kappa shape index (κ1) is 25.7. The van der Waals surface area contributed by atoms with Crippen LogP contribution in [0.1, 0.15) is 49.7 Å². The number of imide groups is 1. The van der Waals surface area contributed by atoms with Gasteiger partial charge in [-0.05, 0) is 31.7 Å². The van der Waals surface area contributed by atoms with E-state index in [1.165, 1.54) is 4.90 Å². The summed E-state index contributed by atoms with van der Waals surface area (Å²) in [6.07, 6.45) is 3.90. The lowest BCUT2D eigenvalue weighted by Gasteiger charge is -2.46. The summed E-state index contributed by atoms with van der Waals surface area (Å²) < 4.78 is 4.95. The first-order valence-corrected chi connectivity index (χ1v) is 12.1. The van der Waals surface area contributed by atoms with Crippen LogP contribution in [0.2, 0.25) is 0 Å². The third-order valence-electron chi connectivity index (χ3n) is 6.53. The molecule has 1 aliphatic heterocycles. The lowest BCUT2D eigenvalue weighted by atomic mass is 9.81. The topological polar surface area (TPSA) is 108 Å². The van der Waals surface area contributed by atoms with Crippen LogP contribution >= 0.6 is 0 Å². The number of methoxy groups -OCH3 is 1. The van der Waals surface area contributed by atoms with Crippen molar-refractivity contribution in [1.29, 1.82) is 0 Å². The van der Waals surface area contributed by atoms with Crippen molar-refractivity contribution in [3.8, 4) is 0 Å². The average Bonchev–Trinajstić information content (AvgIpc) is 2.83. The molecule has 34 heavy (non-hydrogen) atoms. The summed E-state index contributed by atoms with van der Waals surface area (Å²) in [5.74, 6) is -0.846. The number of benzene rings is 1. The summed E-state index contributed by atoms with van der Waals surface area (Å²) in [4.78, 5) is 53.7. The molecule has 1 aromatic rings. The predicted molar refractivity (Wildman–Crippen MR) is 127 cm³/mol. The van der Waals surface area contributed by atoms with E-state index in [0.717, 1.165) is 30.4 Å². The summed E-state index contributed by atoms with van der Waals surface area (Å²) in [5, 5.41) is 5.63. The fourth-order valence-electron chi connectivity index (χ4n) is 4.65. The van der Waals surface area contributed by atoms with Crippen LogP contribution in [0.15, 0.2) is 24.3 Å². The van der Waals surface area contributed by atoms with Gasteiger partial charge in [0.1, 0.15) is 6.54 Å². The second-order valence-electron chi connectivity index (χ2n) is 9.07. The first-order valence-electron chi connectivity index (χ1n) is 12.1. The van der Waals surface area contributed by atoms with Crippen molar-refractivity contribution in [2.45, 2.75) is 58.0 Å². The molecule has 1 heterocycles. The van der Waals surface area contributed by atoms with Gasteiger partial charge in [-0.15, -0.1) is 0 Å². The molecule has 2 aliphatic rings. The van der Waals surface area contributed by atoms with Crippen LogP contribution in [0.3, 0.4) is 0 Å². The van der Waals surface area contributed by atoms with Crippen molar-refractivity contribution in [2.24, 2.45) is 5.92 Å². The molecule has 2 fully saturated rings. The van der Waals surface area contributed by atoms with Crippen molar-refractivity contribution in [2.75, 3.05) is 33.4 Å². The number of nitrogens with one attached hydrogen (secondary N) is 2. The number of carbonyl (C=O) groups is 4. The maximum absolute atomic E-state index is 13.2. The highest BCUT2D eigenvalue weighted by molar-refractivity contribution is 6.00. The molecule has 2 atom stereocenters. The Kier molecular flexibility index (Phi) is 9.44. The number of rotatable bonds is 11. The Bertz CT molecular complexity index is 873. The molecule has 0 radical (unpaired) electrons. The summed E-state index contributed by atoms with van der Waals surface area (Å²) >= 11 is 0. The fraction of sp³-hybridized carbons (Fsp3) is 0.600. The van der Waals surface area contributed by atoms with E-state index in [1.54, 1.807) is 12.0 Å². The second-order valence-corrected chi connectivity index (χ2v) is 9.07. The lowest BCUT2D eigenvalue weighted by Crippen LogP contribution is -2.64. The van der Waals surface area contributed by atoms with Gasteiger partial charge in [0.15, 0.2) is 0 Å². The summed E-state index contributed by atoms with van der Waals surface area (Å²) in [6.45, 7) is 3.30. The van der Waals surface area contributed by atoms with Crippen molar-refractivity contribution >= 4 is 23.8 Å². The van der Waals surface area contributed by atoms with Gasteiger partial charge in [0, 0.05) is 39.2 Å². The van der Waals surface area contributed by atoms with Crippen molar-refractivity contribution in [1.82, 2.24) is 20.4 Å². The van der Waals surface area contributed by atoms with Gasteiger partial charge in [0.2, 0.25) is 17.7 Å². The zero-order valence-electron chi connectivity index (χ0n) is 20.2. The van der Waals surface area contributed by atoms with Crippen LogP contribution in [0, 0.1) is 12.8 Å². The quantitative estimate of drug-likeness (QED) is 0.479. The fourth-order valence-corrected chi connectivity index (χ4v) is 4.65. The van der Waals surface area contributed by atoms with Gasteiger partial charge >= 0.3 is 6.03 Å². The third-order valence-corrected chi connectivity index (χ3v) is 6.53. The Morgan fingerprint density at radius 3 is 2.53 bits per heavy atom. The second kappa shape index (κ2) is 12.5. The predicted octanol–water partition coefficient (Wildman–Crippen LogP) is 1.98. The van der Waals surface area contributed by atoms with E-state index in [1.807, 2.05) is 31.2 Å². The maximum Gasteiger partial charge on any atom is 0.327 e. The summed E-state index contributed by atoms with van der Waals surface area (Å²) in [7, 11) is 1.55. The van der Waals surface area contributed by atoms with Crippen molar-refractivity contribution < 1.29 is 23.9 Å². The molecule has 9 nitrogen and oxygen atoms in total. The average molecular weight is 473 g/mol. The molecule has 1 aromatic carbocycles. The molecule has 2 unspecified atom stereocenters. The normalized spacial score (nSPS) is 20.2. The highest BCUT2D eigenvalue weighted by Crippen LogP contribution is 2.34. The number of fused-ring (bicyclic) bond motifs is 1. The minimum Gasteiger partial charge on any atom is -0.383 e. The molecule has 0 bridgehead atoms. The lowest BCUT2D eigenvalue weighted by molar-refractivity contribution is -0.142. The highest BCUT2D eigenvalue weighted by Gasteiger charge is 2.47. The minimum absolute atomic E-state index is 0.0788. The van der Waals surface area contributed by atoms with E-state index in [0.29, 0.717) is 32.5 Å². The van der Waals surface area contributed by atoms with Crippen LogP contribution in [-0.4, -0.2) is 72.9 Å². The Labute approximate surface area is 201 Å². The Morgan fingerprint density at radius 1 is 1.06 bits per heavy atom. The third kappa shape index (κ3) is 6.79. The largest absolute Gasteiger partial charge is 0.383 e. The molecule has 3 rings (SSSR count). The van der Waals surface area contributed by atoms with Gasteiger partial charge in [0.25, 0.3) is 0 Å². The zero-order chi connectivity index (χ0) is 24.5. The van der Waals surface area contributed by atoms with E-state index in [-0.39, 0.29) is 49.2 Å². The van der Waals surface area contributed by atoms with Crippen LogP contribution in [0.25, 0.3) is 0 Å². The number of ether oxygens (including phenoxy) is 1. The molecule has 1 saturated carbocycles. The number of aryl methyl sites for hydroxylation is 1.